The van der Waals surface area contributed by atoms with Crippen LogP contribution in [-0.2, 0) is 19.6 Å². The smallest absolute Gasteiger partial charge is 0.319 e. The molecule has 1 aromatic carbocycles. The van der Waals surface area contributed by atoms with E-state index >= 15 is 0 Å². The normalized spacial score (nSPS) is 20.0. The Labute approximate surface area is 241 Å². The zero-order valence-electron chi connectivity index (χ0n) is 20.9. The van der Waals surface area contributed by atoms with E-state index in [9.17, 15) is 22.8 Å². The number of sulfonamides is 1. The average Bonchev–Trinajstić information content (AvgIpc) is 3.53. The summed E-state index contributed by atoms with van der Waals surface area (Å²) in [6.07, 6.45) is 3.84. The molecule has 0 aliphatic carbocycles. The Bertz CT molecular complexity index is 1350. The Hall–Kier alpha value is -2.64. The van der Waals surface area contributed by atoms with Crippen LogP contribution in [0.4, 0.5) is 10.5 Å². The van der Waals surface area contributed by atoms with E-state index in [1.165, 1.54) is 22.3 Å². The lowest BCUT2D eigenvalue weighted by Gasteiger charge is -2.34. The fourth-order valence-corrected chi connectivity index (χ4v) is 6.86. The molecule has 10 nitrogen and oxygen atoms in total. The monoisotopic (exact) mass is 613 g/mol. The number of carbonyl (C=O) groups excluding carboxylic acids is 3. The number of urea groups is 1. The van der Waals surface area contributed by atoms with Crippen molar-refractivity contribution in [2.45, 2.75) is 37.8 Å². The van der Waals surface area contributed by atoms with Crippen molar-refractivity contribution in [3.8, 4) is 0 Å². The van der Waals surface area contributed by atoms with Crippen LogP contribution in [0.25, 0.3) is 6.08 Å². The minimum Gasteiger partial charge on any atom is -0.336 e. The van der Waals surface area contributed by atoms with Gasteiger partial charge in [0.15, 0.2) is 0 Å². The van der Waals surface area contributed by atoms with Crippen LogP contribution in [-0.4, -0.2) is 74.3 Å². The average molecular weight is 615 g/mol. The highest BCUT2D eigenvalue weighted by Gasteiger charge is 2.35. The van der Waals surface area contributed by atoms with Gasteiger partial charge in [-0.05, 0) is 62.1 Å². The number of likely N-dealkylation sites (tertiary alicyclic amines) is 2. The number of thiophene rings is 1. The quantitative estimate of drug-likeness (QED) is 0.397. The van der Waals surface area contributed by atoms with Gasteiger partial charge < -0.3 is 20.4 Å². The third-order valence-electron chi connectivity index (χ3n) is 6.45. The molecule has 0 spiro atoms. The van der Waals surface area contributed by atoms with Crippen LogP contribution in [0.15, 0.2) is 41.8 Å². The van der Waals surface area contributed by atoms with Crippen molar-refractivity contribution in [1.29, 1.82) is 0 Å². The molecule has 3 N–H and O–H groups in total. The zero-order chi connectivity index (χ0) is 28.0. The summed E-state index contributed by atoms with van der Waals surface area (Å²) in [5, 5.41) is 7.01. The molecule has 3 heterocycles. The number of halogens is 2. The molecule has 2 aliphatic heterocycles. The van der Waals surface area contributed by atoms with Crippen molar-refractivity contribution in [3.05, 3.63) is 56.0 Å². The van der Waals surface area contributed by atoms with Crippen molar-refractivity contribution in [1.82, 2.24) is 19.8 Å². The lowest BCUT2D eigenvalue weighted by atomic mass is 10.1. The second kappa shape index (κ2) is 13.1. The molecule has 39 heavy (non-hydrogen) atoms. The second-order valence-corrected chi connectivity index (χ2v) is 13.1. The number of nitrogens with one attached hydrogen (secondary N) is 3. The van der Waals surface area contributed by atoms with Gasteiger partial charge in [0.2, 0.25) is 21.8 Å². The summed E-state index contributed by atoms with van der Waals surface area (Å²) in [5.74, 6) is -0.665. The number of rotatable bonds is 9. The highest BCUT2D eigenvalue weighted by atomic mass is 35.5. The van der Waals surface area contributed by atoms with E-state index in [2.05, 4.69) is 15.4 Å². The molecule has 2 atom stereocenters. The third-order valence-corrected chi connectivity index (χ3v) is 8.99. The van der Waals surface area contributed by atoms with Crippen molar-refractivity contribution < 1.29 is 22.8 Å². The fourth-order valence-electron chi connectivity index (χ4n) is 4.60. The van der Waals surface area contributed by atoms with Gasteiger partial charge in [-0.3, -0.25) is 9.59 Å². The molecule has 0 bridgehead atoms. The van der Waals surface area contributed by atoms with Gasteiger partial charge in [-0.2, -0.15) is 4.72 Å². The minimum absolute atomic E-state index is 0.147. The molecule has 1 aromatic heterocycles. The molecule has 4 rings (SSSR count). The Morgan fingerprint density at radius 3 is 2.64 bits per heavy atom. The molecule has 2 aliphatic rings. The minimum atomic E-state index is -3.88. The molecular weight excluding hydrogens is 585 g/mol. The molecule has 2 aromatic rings. The van der Waals surface area contributed by atoms with Gasteiger partial charge in [-0.1, -0.05) is 29.3 Å². The molecule has 4 amide bonds. The number of piperidine rings is 1. The van der Waals surface area contributed by atoms with Gasteiger partial charge >= 0.3 is 6.03 Å². The molecule has 2 saturated heterocycles. The number of benzene rings is 1. The van der Waals surface area contributed by atoms with Crippen LogP contribution in [0.2, 0.25) is 9.36 Å². The van der Waals surface area contributed by atoms with Crippen LogP contribution in [0, 0.1) is 0 Å². The number of anilines is 1. The van der Waals surface area contributed by atoms with Crippen LogP contribution in [0.5, 0.6) is 0 Å². The highest BCUT2D eigenvalue weighted by molar-refractivity contribution is 7.92. The lowest BCUT2D eigenvalue weighted by Crippen LogP contribution is -2.55. The Morgan fingerprint density at radius 2 is 1.90 bits per heavy atom. The standard InChI is InChI=1S/C25H29Cl2N5O5S2/c26-17-4-1-5-18(14-17)29-25(35)28-15-19-6-2-12-32(19)23(33)16-31-11-3-7-21(24(31)34)30-39(36,37)13-10-20-8-9-22(27)38-20/h1,4-5,8-10,13-14,19,21,30H,2-3,6-7,11-12,15-16H2,(H2,28,29,35)/t19-,21-/m0/s1. The maximum Gasteiger partial charge on any atom is 0.319 e. The predicted molar refractivity (Wildman–Crippen MR) is 153 cm³/mol. The first-order valence-electron chi connectivity index (χ1n) is 12.4. The molecular formula is C25H29Cl2N5O5S2. The zero-order valence-corrected chi connectivity index (χ0v) is 24.1. The third kappa shape index (κ3) is 8.42. The number of hydrogen-bond acceptors (Lipinski definition) is 6. The van der Waals surface area contributed by atoms with Crippen LogP contribution in [0.3, 0.4) is 0 Å². The first-order valence-corrected chi connectivity index (χ1v) is 15.6. The first-order chi connectivity index (χ1) is 18.6. The molecule has 210 valence electrons. The Kier molecular flexibility index (Phi) is 9.89. The van der Waals surface area contributed by atoms with Gasteiger partial charge in [0.1, 0.15) is 6.04 Å². The van der Waals surface area contributed by atoms with Crippen molar-refractivity contribution in [2.75, 3.05) is 31.5 Å². The summed E-state index contributed by atoms with van der Waals surface area (Å²) in [6.45, 7) is 1.00. The van der Waals surface area contributed by atoms with Gasteiger partial charge in [0.25, 0.3) is 0 Å². The maximum atomic E-state index is 13.1. The van der Waals surface area contributed by atoms with Gasteiger partial charge in [0.05, 0.1) is 10.9 Å². The maximum absolute atomic E-state index is 13.1. The van der Waals surface area contributed by atoms with Gasteiger partial charge in [0, 0.05) is 46.7 Å². The van der Waals surface area contributed by atoms with Crippen molar-refractivity contribution in [2.24, 2.45) is 0 Å². The SMILES string of the molecule is O=C(NC[C@@H]1CCCN1C(=O)CN1CCC[C@H](NS(=O)(=O)C=Cc2ccc(Cl)s2)C1=O)Nc1cccc(Cl)c1. The van der Waals surface area contributed by atoms with Crippen LogP contribution in [0.1, 0.15) is 30.6 Å². The Balaban J connectivity index is 1.28. The van der Waals surface area contributed by atoms with Crippen molar-refractivity contribution in [3.63, 3.8) is 0 Å². The highest BCUT2D eigenvalue weighted by Crippen LogP contribution is 2.23. The topological polar surface area (TPSA) is 128 Å². The van der Waals surface area contributed by atoms with E-state index in [-0.39, 0.29) is 25.0 Å². The Morgan fingerprint density at radius 1 is 1.10 bits per heavy atom. The van der Waals surface area contributed by atoms with Crippen molar-refractivity contribution >= 4 is 74.2 Å². The predicted octanol–water partition coefficient (Wildman–Crippen LogP) is 3.75. The summed E-state index contributed by atoms with van der Waals surface area (Å²) in [4.78, 5) is 42.2. The number of amides is 4. The molecule has 0 unspecified atom stereocenters. The van der Waals surface area contributed by atoms with Gasteiger partial charge in [-0.25, -0.2) is 13.2 Å². The van der Waals surface area contributed by atoms with E-state index < -0.39 is 28.0 Å². The van der Waals surface area contributed by atoms with Crippen LogP contribution < -0.4 is 15.4 Å². The van der Waals surface area contributed by atoms with E-state index in [1.807, 2.05) is 0 Å². The molecule has 2 fully saturated rings. The number of carbonyl (C=O) groups is 3. The second-order valence-electron chi connectivity index (χ2n) is 9.29. The molecule has 0 radical (unpaired) electrons. The van der Waals surface area contributed by atoms with Gasteiger partial charge in [-0.15, -0.1) is 11.3 Å². The molecule has 0 saturated carbocycles. The summed E-state index contributed by atoms with van der Waals surface area (Å²) in [7, 11) is -3.88. The van der Waals surface area contributed by atoms with E-state index in [1.54, 1.807) is 41.3 Å². The lowest BCUT2D eigenvalue weighted by molar-refractivity contribution is -0.143. The van der Waals surface area contributed by atoms with Crippen LogP contribution >= 0.6 is 34.5 Å². The largest absolute Gasteiger partial charge is 0.336 e. The first kappa shape index (κ1) is 29.3. The molecule has 14 heteroatoms. The van der Waals surface area contributed by atoms with E-state index in [0.29, 0.717) is 45.9 Å². The fraction of sp³-hybridized carbons (Fsp3) is 0.400. The van der Waals surface area contributed by atoms with E-state index in [0.717, 1.165) is 18.2 Å². The number of nitrogens with zero attached hydrogens (tertiary/aromatic N) is 2. The summed E-state index contributed by atoms with van der Waals surface area (Å²) >= 11 is 13.1. The van der Waals surface area contributed by atoms with E-state index in [4.69, 9.17) is 23.2 Å². The summed E-state index contributed by atoms with van der Waals surface area (Å²) in [6, 6.07) is 8.60. The summed E-state index contributed by atoms with van der Waals surface area (Å²) in [5.41, 5.74) is 0.555. The summed E-state index contributed by atoms with van der Waals surface area (Å²) < 4.78 is 28.1. The number of hydrogen-bond donors (Lipinski definition) is 3.